The molecular formula is C17H28ClNO. The molecule has 20 heavy (non-hydrogen) atoms. The van der Waals surface area contributed by atoms with Crippen LogP contribution in [0.4, 0.5) is 0 Å². The van der Waals surface area contributed by atoms with Gasteiger partial charge in [0, 0.05) is 6.61 Å². The molecule has 1 aromatic rings. The van der Waals surface area contributed by atoms with Crippen molar-refractivity contribution >= 4 is 12.4 Å². The van der Waals surface area contributed by atoms with Crippen molar-refractivity contribution in [1.82, 2.24) is 0 Å². The Labute approximate surface area is 129 Å². The van der Waals surface area contributed by atoms with E-state index in [0.717, 1.165) is 38.8 Å². The molecule has 2 nitrogen and oxygen atoms in total. The van der Waals surface area contributed by atoms with Crippen molar-refractivity contribution in [1.29, 1.82) is 0 Å². The average molecular weight is 298 g/mol. The molecule has 2 atom stereocenters. The molecule has 0 spiro atoms. The standard InChI is InChI=1S/C17H27NO.ClH/c1-14(2)16-13-17(8-10-18,9-11-19-16)12-15-6-4-3-5-7-15;/h3-7,14,16H,8-13,18H2,1-2H3;1H. The van der Waals surface area contributed by atoms with E-state index < -0.39 is 0 Å². The molecule has 0 saturated carbocycles. The summed E-state index contributed by atoms with van der Waals surface area (Å²) in [7, 11) is 0. The SMILES string of the molecule is CC(C)C1CC(CCN)(Cc2ccccc2)CCO1.Cl. The molecule has 0 radical (unpaired) electrons. The van der Waals surface area contributed by atoms with Crippen LogP contribution in [0.25, 0.3) is 0 Å². The third-order valence-corrected chi connectivity index (χ3v) is 4.44. The Bertz CT molecular complexity index is 378. The highest BCUT2D eigenvalue weighted by Gasteiger charge is 2.37. The summed E-state index contributed by atoms with van der Waals surface area (Å²) in [4.78, 5) is 0. The van der Waals surface area contributed by atoms with E-state index in [9.17, 15) is 0 Å². The smallest absolute Gasteiger partial charge is 0.0603 e. The number of halogens is 1. The number of benzene rings is 1. The Morgan fingerprint density at radius 1 is 1.30 bits per heavy atom. The Balaban J connectivity index is 0.00000200. The molecule has 1 aliphatic rings. The summed E-state index contributed by atoms with van der Waals surface area (Å²) in [5, 5.41) is 0. The molecule has 1 aliphatic heterocycles. The Hall–Kier alpha value is -0.570. The van der Waals surface area contributed by atoms with E-state index in [0.29, 0.717) is 17.4 Å². The third kappa shape index (κ3) is 4.47. The summed E-state index contributed by atoms with van der Waals surface area (Å²) in [5.41, 5.74) is 7.65. The first-order valence-corrected chi connectivity index (χ1v) is 7.51. The van der Waals surface area contributed by atoms with Crippen LogP contribution in [0.5, 0.6) is 0 Å². The fourth-order valence-electron chi connectivity index (χ4n) is 3.25. The molecule has 0 bridgehead atoms. The van der Waals surface area contributed by atoms with Crippen LogP contribution in [-0.2, 0) is 11.2 Å². The van der Waals surface area contributed by atoms with Gasteiger partial charge in [-0.15, -0.1) is 12.4 Å². The van der Waals surface area contributed by atoms with Crippen molar-refractivity contribution in [2.75, 3.05) is 13.2 Å². The molecule has 0 amide bonds. The lowest BCUT2D eigenvalue weighted by molar-refractivity contribution is -0.0714. The molecule has 0 aromatic heterocycles. The number of hydrogen-bond donors (Lipinski definition) is 1. The second-order valence-electron chi connectivity index (χ2n) is 6.31. The van der Waals surface area contributed by atoms with Gasteiger partial charge in [-0.1, -0.05) is 44.2 Å². The van der Waals surface area contributed by atoms with Gasteiger partial charge in [-0.2, -0.15) is 0 Å². The number of hydrogen-bond acceptors (Lipinski definition) is 2. The molecule has 114 valence electrons. The van der Waals surface area contributed by atoms with Crippen molar-refractivity contribution in [3.05, 3.63) is 35.9 Å². The van der Waals surface area contributed by atoms with Gasteiger partial charge >= 0.3 is 0 Å². The minimum Gasteiger partial charge on any atom is -0.378 e. The van der Waals surface area contributed by atoms with Gasteiger partial charge in [0.05, 0.1) is 6.10 Å². The molecule has 1 fully saturated rings. The van der Waals surface area contributed by atoms with Gasteiger partial charge in [0.25, 0.3) is 0 Å². The van der Waals surface area contributed by atoms with Gasteiger partial charge in [0.15, 0.2) is 0 Å². The van der Waals surface area contributed by atoms with Crippen molar-refractivity contribution in [3.63, 3.8) is 0 Å². The lowest BCUT2D eigenvalue weighted by atomic mass is 9.69. The van der Waals surface area contributed by atoms with E-state index >= 15 is 0 Å². The highest BCUT2D eigenvalue weighted by Crippen LogP contribution is 2.41. The van der Waals surface area contributed by atoms with Crippen molar-refractivity contribution in [2.45, 2.75) is 45.6 Å². The zero-order chi connectivity index (χ0) is 13.7. The van der Waals surface area contributed by atoms with E-state index in [1.54, 1.807) is 0 Å². The minimum atomic E-state index is 0. The van der Waals surface area contributed by atoms with Crippen LogP contribution in [-0.4, -0.2) is 19.3 Å². The van der Waals surface area contributed by atoms with Crippen LogP contribution in [0.2, 0.25) is 0 Å². The predicted molar refractivity (Wildman–Crippen MR) is 87.3 cm³/mol. The fourth-order valence-corrected chi connectivity index (χ4v) is 3.25. The van der Waals surface area contributed by atoms with Crippen LogP contribution >= 0.6 is 12.4 Å². The Kier molecular flexibility index (Phi) is 7.01. The highest BCUT2D eigenvalue weighted by molar-refractivity contribution is 5.85. The molecular weight excluding hydrogens is 270 g/mol. The van der Waals surface area contributed by atoms with Crippen molar-refractivity contribution in [2.24, 2.45) is 17.1 Å². The first-order valence-electron chi connectivity index (χ1n) is 7.51. The molecule has 1 aromatic carbocycles. The fraction of sp³-hybridized carbons (Fsp3) is 0.647. The summed E-state index contributed by atoms with van der Waals surface area (Å²) >= 11 is 0. The van der Waals surface area contributed by atoms with E-state index in [1.165, 1.54) is 5.56 Å². The van der Waals surface area contributed by atoms with Gasteiger partial charge in [-0.25, -0.2) is 0 Å². The van der Waals surface area contributed by atoms with Crippen LogP contribution in [0.1, 0.15) is 38.7 Å². The average Bonchev–Trinajstić information content (AvgIpc) is 2.40. The maximum absolute atomic E-state index is 5.94. The first kappa shape index (κ1) is 17.5. The topological polar surface area (TPSA) is 35.2 Å². The maximum Gasteiger partial charge on any atom is 0.0603 e. The zero-order valence-electron chi connectivity index (χ0n) is 12.7. The lowest BCUT2D eigenvalue weighted by Gasteiger charge is -2.42. The summed E-state index contributed by atoms with van der Waals surface area (Å²) < 4.78 is 5.94. The highest BCUT2D eigenvalue weighted by atomic mass is 35.5. The molecule has 2 N–H and O–H groups in total. The Morgan fingerprint density at radius 3 is 2.60 bits per heavy atom. The lowest BCUT2D eigenvalue weighted by Crippen LogP contribution is -2.40. The number of rotatable bonds is 5. The van der Waals surface area contributed by atoms with Crippen molar-refractivity contribution < 1.29 is 4.74 Å². The summed E-state index contributed by atoms with van der Waals surface area (Å²) in [6.45, 7) is 6.17. The van der Waals surface area contributed by atoms with Gasteiger partial charge < -0.3 is 10.5 Å². The largest absolute Gasteiger partial charge is 0.378 e. The van der Waals surface area contributed by atoms with E-state index in [2.05, 4.69) is 44.2 Å². The molecule has 1 saturated heterocycles. The van der Waals surface area contributed by atoms with Gasteiger partial charge in [0.2, 0.25) is 0 Å². The van der Waals surface area contributed by atoms with E-state index in [-0.39, 0.29) is 12.4 Å². The molecule has 0 aliphatic carbocycles. The third-order valence-electron chi connectivity index (χ3n) is 4.44. The maximum atomic E-state index is 5.94. The van der Waals surface area contributed by atoms with E-state index in [4.69, 9.17) is 10.5 Å². The quantitative estimate of drug-likeness (QED) is 0.896. The molecule has 3 heteroatoms. The van der Waals surface area contributed by atoms with Crippen LogP contribution < -0.4 is 5.73 Å². The number of nitrogens with two attached hydrogens (primary N) is 1. The minimum absolute atomic E-state index is 0. The van der Waals surface area contributed by atoms with Gasteiger partial charge in [0.1, 0.15) is 0 Å². The second-order valence-corrected chi connectivity index (χ2v) is 6.31. The molecule has 2 rings (SSSR count). The first-order chi connectivity index (χ1) is 9.15. The Morgan fingerprint density at radius 2 is 2.00 bits per heavy atom. The normalized spacial score (nSPS) is 26.3. The number of ether oxygens (including phenoxy) is 1. The van der Waals surface area contributed by atoms with Crippen LogP contribution in [0, 0.1) is 11.3 Å². The van der Waals surface area contributed by atoms with Crippen molar-refractivity contribution in [3.8, 4) is 0 Å². The summed E-state index contributed by atoms with van der Waals surface area (Å²) in [6.07, 6.45) is 4.93. The van der Waals surface area contributed by atoms with Gasteiger partial charge in [-0.3, -0.25) is 0 Å². The summed E-state index contributed by atoms with van der Waals surface area (Å²) in [6, 6.07) is 10.8. The second kappa shape index (κ2) is 8.02. The van der Waals surface area contributed by atoms with E-state index in [1.807, 2.05) is 0 Å². The predicted octanol–water partition coefficient (Wildman–Crippen LogP) is 3.82. The molecule has 1 heterocycles. The van der Waals surface area contributed by atoms with Crippen LogP contribution in [0.15, 0.2) is 30.3 Å². The zero-order valence-corrected chi connectivity index (χ0v) is 13.5. The molecule has 2 unspecified atom stereocenters. The summed E-state index contributed by atoms with van der Waals surface area (Å²) in [5.74, 6) is 0.591. The van der Waals surface area contributed by atoms with Gasteiger partial charge in [-0.05, 0) is 49.1 Å². The monoisotopic (exact) mass is 297 g/mol. The van der Waals surface area contributed by atoms with Crippen LogP contribution in [0.3, 0.4) is 0 Å².